The van der Waals surface area contributed by atoms with Crippen molar-refractivity contribution in [1.82, 2.24) is 4.90 Å². The Morgan fingerprint density at radius 2 is 1.59 bits per heavy atom. The third kappa shape index (κ3) is 4.66. The molecule has 0 aliphatic rings. The second-order valence-electron chi connectivity index (χ2n) is 4.53. The molecular weight excluding hydrogens is 231 g/mol. The van der Waals surface area contributed by atoms with Crippen LogP contribution in [0.15, 0.2) is 0 Å². The van der Waals surface area contributed by atoms with E-state index < -0.39 is 18.1 Å². The molecular formula is C12H22F3NO. The number of hydrogen-bond donors (Lipinski definition) is 0. The molecule has 0 heterocycles. The highest BCUT2D eigenvalue weighted by atomic mass is 19.4. The normalized spacial score (nSPS) is 13.2. The molecule has 0 N–H and O–H groups in total. The molecule has 0 rings (SSSR count). The molecule has 0 aliphatic heterocycles. The van der Waals surface area contributed by atoms with Crippen molar-refractivity contribution in [1.29, 1.82) is 0 Å². The van der Waals surface area contributed by atoms with Gasteiger partial charge in [0.1, 0.15) is 0 Å². The molecule has 0 aromatic rings. The van der Waals surface area contributed by atoms with Crippen molar-refractivity contribution in [3.63, 3.8) is 0 Å². The van der Waals surface area contributed by atoms with E-state index in [1.165, 1.54) is 0 Å². The fourth-order valence-electron chi connectivity index (χ4n) is 2.21. The molecule has 0 radical (unpaired) electrons. The molecule has 17 heavy (non-hydrogen) atoms. The van der Waals surface area contributed by atoms with Gasteiger partial charge in [-0.2, -0.15) is 13.2 Å². The van der Waals surface area contributed by atoms with Gasteiger partial charge >= 0.3 is 6.18 Å². The smallest absolute Gasteiger partial charge is 0.298 e. The van der Waals surface area contributed by atoms with Crippen molar-refractivity contribution in [2.75, 3.05) is 14.1 Å². The molecule has 0 spiro atoms. The van der Waals surface area contributed by atoms with E-state index in [1.807, 2.05) is 18.7 Å². The highest BCUT2D eigenvalue weighted by molar-refractivity contribution is 5.88. The van der Waals surface area contributed by atoms with Crippen LogP contribution in [0.2, 0.25) is 0 Å². The van der Waals surface area contributed by atoms with Crippen LogP contribution < -0.4 is 0 Å². The van der Waals surface area contributed by atoms with Gasteiger partial charge in [-0.15, -0.1) is 0 Å². The summed E-state index contributed by atoms with van der Waals surface area (Å²) in [5.74, 6) is -0.0863. The lowest BCUT2D eigenvalue weighted by molar-refractivity contribution is -0.139. The molecule has 0 amide bonds. The second-order valence-corrected chi connectivity index (χ2v) is 4.53. The Hall–Kier alpha value is -0.580. The van der Waals surface area contributed by atoms with Crippen LogP contribution >= 0.6 is 0 Å². The van der Waals surface area contributed by atoms with Gasteiger partial charge in [-0.1, -0.05) is 13.8 Å². The van der Waals surface area contributed by atoms with E-state index in [9.17, 15) is 18.0 Å². The van der Waals surface area contributed by atoms with Gasteiger partial charge in [-0.05, 0) is 33.4 Å². The lowest BCUT2D eigenvalue weighted by atomic mass is 9.84. The number of Topliss-reactive ketones (excluding diaryl/α,β-unsaturated/α-hetero) is 1. The first-order chi connectivity index (χ1) is 7.69. The first-order valence-corrected chi connectivity index (χ1v) is 5.97. The number of rotatable bonds is 7. The summed E-state index contributed by atoms with van der Waals surface area (Å²) < 4.78 is 36.0. The molecule has 0 bridgehead atoms. The third-order valence-electron chi connectivity index (χ3n) is 3.41. The Morgan fingerprint density at radius 3 is 1.88 bits per heavy atom. The molecule has 5 heteroatoms. The molecule has 102 valence electrons. The van der Waals surface area contributed by atoms with Crippen molar-refractivity contribution < 1.29 is 18.0 Å². The molecule has 0 atom stereocenters. The molecule has 0 aromatic heterocycles. The van der Waals surface area contributed by atoms with Crippen LogP contribution in [0.5, 0.6) is 0 Å². The number of hydrogen-bond acceptors (Lipinski definition) is 2. The van der Waals surface area contributed by atoms with Gasteiger partial charge in [0.05, 0.1) is 5.54 Å². The Morgan fingerprint density at radius 1 is 1.12 bits per heavy atom. The van der Waals surface area contributed by atoms with E-state index >= 15 is 0 Å². The van der Waals surface area contributed by atoms with Crippen LogP contribution in [-0.4, -0.2) is 36.5 Å². The molecule has 0 aliphatic carbocycles. The maximum absolute atomic E-state index is 12.0. The van der Waals surface area contributed by atoms with Gasteiger partial charge in [0.15, 0.2) is 5.78 Å². The van der Waals surface area contributed by atoms with E-state index in [0.29, 0.717) is 12.8 Å². The van der Waals surface area contributed by atoms with E-state index in [4.69, 9.17) is 0 Å². The van der Waals surface area contributed by atoms with Gasteiger partial charge in [0.25, 0.3) is 0 Å². The van der Waals surface area contributed by atoms with E-state index in [0.717, 1.165) is 0 Å². The highest BCUT2D eigenvalue weighted by Gasteiger charge is 2.37. The number of carbonyl (C=O) groups is 1. The topological polar surface area (TPSA) is 20.3 Å². The monoisotopic (exact) mass is 253 g/mol. The lowest BCUT2D eigenvalue weighted by Crippen LogP contribution is -2.50. The highest BCUT2D eigenvalue weighted by Crippen LogP contribution is 2.27. The van der Waals surface area contributed by atoms with Crippen LogP contribution in [0.1, 0.15) is 46.0 Å². The first-order valence-electron chi connectivity index (χ1n) is 5.97. The van der Waals surface area contributed by atoms with Crippen molar-refractivity contribution in [3.05, 3.63) is 0 Å². The summed E-state index contributed by atoms with van der Waals surface area (Å²) in [6.45, 7) is 3.79. The fraction of sp³-hybridized carbons (Fsp3) is 0.917. The summed E-state index contributed by atoms with van der Waals surface area (Å²) in [6.07, 6.45) is -3.91. The Balaban J connectivity index is 4.46. The van der Waals surface area contributed by atoms with E-state index in [2.05, 4.69) is 0 Å². The Labute approximate surface area is 101 Å². The minimum absolute atomic E-state index is 0.000625. The van der Waals surface area contributed by atoms with Crippen LogP contribution in [0, 0.1) is 0 Å². The summed E-state index contributed by atoms with van der Waals surface area (Å²) in [5.41, 5.74) is -0.606. The average molecular weight is 253 g/mol. The van der Waals surface area contributed by atoms with Gasteiger partial charge < -0.3 is 0 Å². The zero-order chi connectivity index (χ0) is 13.7. The maximum Gasteiger partial charge on any atom is 0.389 e. The molecule has 0 aromatic carbocycles. The Bertz CT molecular complexity index is 245. The SMILES string of the molecule is CCC(CC)(C(=O)CCCC(F)(F)F)N(C)C. The molecule has 0 fully saturated rings. The van der Waals surface area contributed by atoms with Crippen molar-refractivity contribution in [2.24, 2.45) is 0 Å². The maximum atomic E-state index is 12.0. The van der Waals surface area contributed by atoms with Crippen molar-refractivity contribution in [2.45, 2.75) is 57.7 Å². The molecule has 0 unspecified atom stereocenters. The second kappa shape index (κ2) is 6.38. The van der Waals surface area contributed by atoms with Gasteiger partial charge in [0, 0.05) is 12.8 Å². The fourth-order valence-corrected chi connectivity index (χ4v) is 2.21. The summed E-state index contributed by atoms with van der Waals surface area (Å²) in [5, 5.41) is 0. The van der Waals surface area contributed by atoms with Crippen LogP contribution in [0.25, 0.3) is 0 Å². The van der Waals surface area contributed by atoms with E-state index in [-0.39, 0.29) is 18.6 Å². The van der Waals surface area contributed by atoms with Crippen LogP contribution in [0.4, 0.5) is 13.2 Å². The summed E-state index contributed by atoms with van der Waals surface area (Å²) in [6, 6.07) is 0. The summed E-state index contributed by atoms with van der Waals surface area (Å²) >= 11 is 0. The average Bonchev–Trinajstić information content (AvgIpc) is 2.17. The largest absolute Gasteiger partial charge is 0.389 e. The molecule has 2 nitrogen and oxygen atoms in total. The van der Waals surface area contributed by atoms with Crippen molar-refractivity contribution in [3.8, 4) is 0 Å². The van der Waals surface area contributed by atoms with Gasteiger partial charge in [0.2, 0.25) is 0 Å². The minimum atomic E-state index is -4.17. The summed E-state index contributed by atoms with van der Waals surface area (Å²) in [4.78, 5) is 13.9. The zero-order valence-electron chi connectivity index (χ0n) is 11.0. The van der Waals surface area contributed by atoms with Crippen LogP contribution in [-0.2, 0) is 4.79 Å². The number of alkyl halides is 3. The summed E-state index contributed by atoms with van der Waals surface area (Å²) in [7, 11) is 3.60. The predicted octanol–water partition coefficient (Wildman–Crippen LogP) is 3.41. The minimum Gasteiger partial charge on any atom is -0.298 e. The number of nitrogens with zero attached hydrogens (tertiary/aromatic N) is 1. The zero-order valence-corrected chi connectivity index (χ0v) is 11.0. The van der Waals surface area contributed by atoms with Gasteiger partial charge in [-0.25, -0.2) is 0 Å². The van der Waals surface area contributed by atoms with Crippen LogP contribution in [0.3, 0.4) is 0 Å². The first kappa shape index (κ1) is 16.4. The molecule has 0 saturated heterocycles. The molecule has 0 saturated carbocycles. The Kier molecular flexibility index (Phi) is 6.16. The van der Waals surface area contributed by atoms with Gasteiger partial charge in [-0.3, -0.25) is 9.69 Å². The van der Waals surface area contributed by atoms with Crippen molar-refractivity contribution >= 4 is 5.78 Å². The quantitative estimate of drug-likeness (QED) is 0.693. The number of likely N-dealkylation sites (N-methyl/N-ethyl adjacent to an activating group) is 1. The number of ketones is 1. The third-order valence-corrected chi connectivity index (χ3v) is 3.41. The predicted molar refractivity (Wildman–Crippen MR) is 61.9 cm³/mol. The lowest BCUT2D eigenvalue weighted by Gasteiger charge is -2.37. The standard InChI is InChI=1S/C12H22F3NO/c1-5-11(6-2,16(3)4)10(17)8-7-9-12(13,14)15/h5-9H2,1-4H3. The number of carbonyl (C=O) groups excluding carboxylic acids is 1. The van der Waals surface area contributed by atoms with E-state index in [1.54, 1.807) is 14.1 Å². The number of halogens is 3.